The van der Waals surface area contributed by atoms with E-state index in [1.807, 2.05) is 45.0 Å². The lowest BCUT2D eigenvalue weighted by Crippen LogP contribution is -2.45. The first-order valence-corrected chi connectivity index (χ1v) is 9.51. The summed E-state index contributed by atoms with van der Waals surface area (Å²) in [5, 5.41) is 6.69. The molecule has 0 amide bonds. The van der Waals surface area contributed by atoms with E-state index >= 15 is 0 Å². The molecule has 0 unspecified atom stereocenters. The first kappa shape index (κ1) is 20.2. The van der Waals surface area contributed by atoms with Crippen LogP contribution in [0.25, 0.3) is 0 Å². The number of ether oxygens (including phenoxy) is 2. The van der Waals surface area contributed by atoms with Crippen LogP contribution in [0.15, 0.2) is 35.5 Å². The van der Waals surface area contributed by atoms with Gasteiger partial charge in [0.1, 0.15) is 5.75 Å². The van der Waals surface area contributed by atoms with Gasteiger partial charge in [-0.3, -0.25) is 0 Å². The molecule has 0 saturated heterocycles. The molecule has 2 rings (SSSR count). The summed E-state index contributed by atoms with van der Waals surface area (Å²) < 4.78 is 11.2. The number of nitrogens with one attached hydrogen (secondary N) is 2. The van der Waals surface area contributed by atoms with E-state index < -0.39 is 0 Å². The molecule has 0 aliphatic carbocycles. The lowest BCUT2D eigenvalue weighted by Gasteiger charge is -2.30. The van der Waals surface area contributed by atoms with Gasteiger partial charge in [-0.15, -0.1) is 0 Å². The van der Waals surface area contributed by atoms with Crippen molar-refractivity contribution >= 4 is 23.3 Å². The Labute approximate surface area is 161 Å². The second-order valence-electron chi connectivity index (χ2n) is 6.83. The molecule has 26 heavy (non-hydrogen) atoms. The number of esters is 1. The summed E-state index contributed by atoms with van der Waals surface area (Å²) in [5.41, 5.74) is 2.21. The number of carbonyl (C=O) groups excluding carboxylic acids is 1. The zero-order chi connectivity index (χ0) is 19.1. The van der Waals surface area contributed by atoms with E-state index in [0.29, 0.717) is 23.9 Å². The minimum atomic E-state index is -0.340. The summed E-state index contributed by atoms with van der Waals surface area (Å²) in [6.45, 7) is 9.08. The van der Waals surface area contributed by atoms with Gasteiger partial charge in [-0.1, -0.05) is 39.3 Å². The largest absolute Gasteiger partial charge is 0.494 e. The monoisotopic (exact) mass is 376 g/mol. The Kier molecular flexibility index (Phi) is 7.45. The molecular formula is C20H28N2O3S. The Morgan fingerprint density at radius 1 is 1.27 bits per heavy atom. The molecular weight excluding hydrogens is 348 g/mol. The molecule has 142 valence electrons. The Balaban J connectivity index is 2.19. The number of thiocarbonyl (C=S) groups is 1. The van der Waals surface area contributed by atoms with Crippen LogP contribution in [0.2, 0.25) is 0 Å². The maximum absolute atomic E-state index is 12.6. The lowest BCUT2D eigenvalue weighted by atomic mass is 9.95. The van der Waals surface area contributed by atoms with Crippen molar-refractivity contribution in [2.45, 2.75) is 46.6 Å². The minimum absolute atomic E-state index is 0.281. The van der Waals surface area contributed by atoms with Crippen molar-refractivity contribution in [3.63, 3.8) is 0 Å². The quantitative estimate of drug-likeness (QED) is 0.408. The van der Waals surface area contributed by atoms with Crippen LogP contribution in [-0.4, -0.2) is 24.3 Å². The van der Waals surface area contributed by atoms with Gasteiger partial charge in [0.15, 0.2) is 5.11 Å². The molecule has 1 aliphatic rings. The molecule has 1 heterocycles. The molecule has 1 atom stereocenters. The molecule has 1 aromatic rings. The normalized spacial score (nSPS) is 17.0. The van der Waals surface area contributed by atoms with Crippen molar-refractivity contribution in [1.29, 1.82) is 0 Å². The molecule has 1 aromatic carbocycles. The third-order valence-corrected chi connectivity index (χ3v) is 4.24. The van der Waals surface area contributed by atoms with Gasteiger partial charge in [-0.25, -0.2) is 4.79 Å². The van der Waals surface area contributed by atoms with Crippen molar-refractivity contribution in [1.82, 2.24) is 10.6 Å². The van der Waals surface area contributed by atoms with Crippen LogP contribution in [0.5, 0.6) is 5.75 Å². The number of rotatable bonds is 8. The molecule has 0 fully saturated rings. The third kappa shape index (κ3) is 5.46. The van der Waals surface area contributed by atoms with Crippen molar-refractivity contribution < 1.29 is 14.3 Å². The Morgan fingerprint density at radius 3 is 2.58 bits per heavy atom. The average Bonchev–Trinajstić information content (AvgIpc) is 2.60. The lowest BCUT2D eigenvalue weighted by molar-refractivity contribution is -0.140. The zero-order valence-corrected chi connectivity index (χ0v) is 16.7. The first-order valence-electron chi connectivity index (χ1n) is 9.10. The van der Waals surface area contributed by atoms with E-state index in [-0.39, 0.29) is 17.9 Å². The SMILES string of the molecule is CCCCOc1ccc([C@H]2NC(=S)NC(C)=C2C(=O)OCC(C)C)cc1. The predicted octanol–water partition coefficient (Wildman–Crippen LogP) is 3.86. The average molecular weight is 377 g/mol. The maximum atomic E-state index is 12.6. The van der Waals surface area contributed by atoms with Crippen molar-refractivity contribution in [2.24, 2.45) is 5.92 Å². The molecule has 5 nitrogen and oxygen atoms in total. The van der Waals surface area contributed by atoms with Crippen molar-refractivity contribution in [3.8, 4) is 5.75 Å². The summed E-state index contributed by atoms with van der Waals surface area (Å²) in [5.74, 6) is 0.777. The standard InChI is InChI=1S/C20H28N2O3S/c1-5-6-11-24-16-9-7-15(8-10-16)18-17(14(4)21-20(26)22-18)19(23)25-12-13(2)3/h7-10,13,18H,5-6,11-12H2,1-4H3,(H2,21,22,26)/t18-/m1/s1. The van der Waals surface area contributed by atoms with Gasteiger partial charge in [0.25, 0.3) is 0 Å². The van der Waals surface area contributed by atoms with Crippen LogP contribution in [0, 0.1) is 5.92 Å². The second kappa shape index (κ2) is 9.57. The van der Waals surface area contributed by atoms with Gasteiger partial charge in [0.05, 0.1) is 24.8 Å². The smallest absolute Gasteiger partial charge is 0.338 e. The highest BCUT2D eigenvalue weighted by molar-refractivity contribution is 7.80. The summed E-state index contributed by atoms with van der Waals surface area (Å²) in [4.78, 5) is 12.6. The number of carbonyl (C=O) groups is 1. The number of allylic oxidation sites excluding steroid dienone is 1. The van der Waals surface area contributed by atoms with Gasteiger partial charge in [0, 0.05) is 5.70 Å². The van der Waals surface area contributed by atoms with Crippen LogP contribution in [0.4, 0.5) is 0 Å². The molecule has 0 radical (unpaired) electrons. The Morgan fingerprint density at radius 2 is 1.96 bits per heavy atom. The number of unbranched alkanes of at least 4 members (excludes halogenated alkanes) is 1. The molecule has 0 spiro atoms. The number of hydrogen-bond acceptors (Lipinski definition) is 4. The molecule has 0 saturated carbocycles. The minimum Gasteiger partial charge on any atom is -0.494 e. The van der Waals surface area contributed by atoms with Gasteiger partial charge in [-0.2, -0.15) is 0 Å². The zero-order valence-electron chi connectivity index (χ0n) is 15.9. The molecule has 6 heteroatoms. The van der Waals surface area contributed by atoms with E-state index in [2.05, 4.69) is 17.6 Å². The number of hydrogen-bond donors (Lipinski definition) is 2. The van der Waals surface area contributed by atoms with Crippen molar-refractivity contribution in [3.05, 3.63) is 41.1 Å². The third-order valence-electron chi connectivity index (χ3n) is 4.02. The Hall–Kier alpha value is -2.08. The first-order chi connectivity index (χ1) is 12.4. The molecule has 1 aliphatic heterocycles. The van der Waals surface area contributed by atoms with E-state index in [1.54, 1.807) is 0 Å². The highest BCUT2D eigenvalue weighted by atomic mass is 32.1. The second-order valence-corrected chi connectivity index (χ2v) is 7.24. The van der Waals surface area contributed by atoms with E-state index in [9.17, 15) is 4.79 Å². The van der Waals surface area contributed by atoms with E-state index in [4.69, 9.17) is 21.7 Å². The van der Waals surface area contributed by atoms with Crippen LogP contribution >= 0.6 is 12.2 Å². The predicted molar refractivity (Wildman–Crippen MR) is 107 cm³/mol. The summed E-state index contributed by atoms with van der Waals surface area (Å²) in [6.07, 6.45) is 2.13. The van der Waals surface area contributed by atoms with Crippen molar-refractivity contribution in [2.75, 3.05) is 13.2 Å². The van der Waals surface area contributed by atoms with Gasteiger partial charge in [-0.05, 0) is 49.2 Å². The highest BCUT2D eigenvalue weighted by Gasteiger charge is 2.31. The van der Waals surface area contributed by atoms with Gasteiger partial charge < -0.3 is 20.1 Å². The van der Waals surface area contributed by atoms with Crippen LogP contribution in [-0.2, 0) is 9.53 Å². The summed E-state index contributed by atoms with van der Waals surface area (Å²) in [7, 11) is 0. The maximum Gasteiger partial charge on any atom is 0.338 e. The Bertz CT molecular complexity index is 668. The fourth-order valence-electron chi connectivity index (χ4n) is 2.63. The van der Waals surface area contributed by atoms with E-state index in [1.165, 1.54) is 0 Å². The summed E-state index contributed by atoms with van der Waals surface area (Å²) in [6, 6.07) is 7.41. The fourth-order valence-corrected chi connectivity index (χ4v) is 2.90. The summed E-state index contributed by atoms with van der Waals surface area (Å²) >= 11 is 5.27. The highest BCUT2D eigenvalue weighted by Crippen LogP contribution is 2.29. The van der Waals surface area contributed by atoms with Crippen LogP contribution < -0.4 is 15.4 Å². The fraction of sp³-hybridized carbons (Fsp3) is 0.500. The van der Waals surface area contributed by atoms with E-state index in [0.717, 1.165) is 29.9 Å². The number of benzene rings is 1. The molecule has 0 bridgehead atoms. The molecule has 0 aromatic heterocycles. The molecule has 2 N–H and O–H groups in total. The topological polar surface area (TPSA) is 59.6 Å². The van der Waals surface area contributed by atoms with Crippen LogP contribution in [0.3, 0.4) is 0 Å². The van der Waals surface area contributed by atoms with Gasteiger partial charge >= 0.3 is 5.97 Å². The van der Waals surface area contributed by atoms with Crippen LogP contribution in [0.1, 0.15) is 52.1 Å². The van der Waals surface area contributed by atoms with Gasteiger partial charge in [0.2, 0.25) is 0 Å².